The zero-order valence-electron chi connectivity index (χ0n) is 11.9. The topological polar surface area (TPSA) is 12.0 Å². The average molecular weight is 277 g/mol. The monoisotopic (exact) mass is 277 g/mol. The van der Waals surface area contributed by atoms with Gasteiger partial charge in [-0.05, 0) is 42.9 Å². The maximum atomic E-state index is 3.47. The van der Waals surface area contributed by atoms with Crippen LogP contribution >= 0.6 is 0 Å². The zero-order valence-corrected chi connectivity index (χ0v) is 11.9. The van der Waals surface area contributed by atoms with Gasteiger partial charge in [-0.2, -0.15) is 0 Å². The van der Waals surface area contributed by atoms with Crippen molar-refractivity contribution < 1.29 is 0 Å². The predicted molar refractivity (Wildman–Crippen MR) is 92.6 cm³/mol. The molecule has 116 valence electrons. The molecule has 1 N–H and O–H groups in total. The molecule has 2 rings (SSSR count). The molecule has 1 heteroatoms. The fourth-order valence-corrected chi connectivity index (χ4v) is 2.90. The number of rotatable bonds is 5. The number of hydrogen-bond donors (Lipinski definition) is 1. The highest BCUT2D eigenvalue weighted by Crippen LogP contribution is 2.32. The van der Waals surface area contributed by atoms with E-state index in [1.165, 1.54) is 37.7 Å². The van der Waals surface area contributed by atoms with Gasteiger partial charge in [-0.3, -0.25) is 0 Å². The molecule has 0 heterocycles. The molecule has 0 saturated heterocycles. The smallest absolute Gasteiger partial charge is 0.00105 e. The van der Waals surface area contributed by atoms with Gasteiger partial charge in [-0.25, -0.2) is 0 Å². The van der Waals surface area contributed by atoms with E-state index < -0.39 is 0 Å². The summed E-state index contributed by atoms with van der Waals surface area (Å²) in [6.07, 6.45) is 8.22. The Labute approximate surface area is 127 Å². The predicted octanol–water partition coefficient (Wildman–Crippen LogP) is 5.55. The lowest BCUT2D eigenvalue weighted by atomic mass is 9.84. The van der Waals surface area contributed by atoms with E-state index in [1.807, 2.05) is 0 Å². The summed E-state index contributed by atoms with van der Waals surface area (Å²) in [6, 6.07) is 9.96. The third-order valence-electron chi connectivity index (χ3n) is 4.02. The Kier molecular flexibility index (Phi) is 9.58. The van der Waals surface area contributed by atoms with Gasteiger partial charge in [0.05, 0.1) is 0 Å². The molecular weight excluding hydrogens is 242 g/mol. The second kappa shape index (κ2) is 9.99. The summed E-state index contributed by atoms with van der Waals surface area (Å²) in [5.74, 6) is 0.835. The summed E-state index contributed by atoms with van der Waals surface area (Å²) in [7, 11) is 0. The van der Waals surface area contributed by atoms with E-state index in [-0.39, 0.29) is 14.9 Å². The van der Waals surface area contributed by atoms with Crippen LogP contribution in [0.3, 0.4) is 0 Å². The van der Waals surface area contributed by atoms with Gasteiger partial charge < -0.3 is 5.32 Å². The SMILES string of the molecule is C.C.CC(C)NCCc1ccc(C2CCCCC2)cc1. The second-order valence-electron chi connectivity index (χ2n) is 5.94. The molecule has 0 unspecified atom stereocenters. The van der Waals surface area contributed by atoms with Gasteiger partial charge in [0.2, 0.25) is 0 Å². The molecule has 0 aliphatic heterocycles. The van der Waals surface area contributed by atoms with Gasteiger partial charge in [0.15, 0.2) is 0 Å². The van der Waals surface area contributed by atoms with Crippen LogP contribution in [-0.4, -0.2) is 12.6 Å². The van der Waals surface area contributed by atoms with Crippen LogP contribution in [0.5, 0.6) is 0 Å². The van der Waals surface area contributed by atoms with Gasteiger partial charge in [-0.15, -0.1) is 0 Å². The van der Waals surface area contributed by atoms with E-state index in [0.717, 1.165) is 18.9 Å². The van der Waals surface area contributed by atoms with Gasteiger partial charge in [0.1, 0.15) is 0 Å². The second-order valence-corrected chi connectivity index (χ2v) is 5.94. The number of benzene rings is 1. The Bertz CT molecular complexity index is 333. The van der Waals surface area contributed by atoms with Crippen molar-refractivity contribution in [3.8, 4) is 0 Å². The largest absolute Gasteiger partial charge is 0.314 e. The summed E-state index contributed by atoms with van der Waals surface area (Å²) < 4.78 is 0. The van der Waals surface area contributed by atoms with Crippen molar-refractivity contribution in [3.05, 3.63) is 35.4 Å². The molecule has 1 aliphatic rings. The first-order chi connectivity index (χ1) is 8.75. The van der Waals surface area contributed by atoms with Crippen LogP contribution in [0.1, 0.15) is 77.8 Å². The Balaban J connectivity index is 0.00000180. The number of hydrogen-bond acceptors (Lipinski definition) is 1. The van der Waals surface area contributed by atoms with Gasteiger partial charge in [0.25, 0.3) is 0 Å². The van der Waals surface area contributed by atoms with Crippen molar-refractivity contribution in [1.82, 2.24) is 5.32 Å². The molecule has 0 amide bonds. The molecule has 20 heavy (non-hydrogen) atoms. The molecule has 1 aromatic rings. The lowest BCUT2D eigenvalue weighted by Gasteiger charge is -2.22. The molecule has 0 aromatic heterocycles. The molecule has 0 radical (unpaired) electrons. The van der Waals surface area contributed by atoms with Crippen LogP contribution in [0.15, 0.2) is 24.3 Å². The van der Waals surface area contributed by atoms with Crippen molar-refractivity contribution in [3.63, 3.8) is 0 Å². The minimum absolute atomic E-state index is 0. The summed E-state index contributed by atoms with van der Waals surface area (Å²) in [5, 5.41) is 3.47. The molecule has 1 fully saturated rings. The zero-order chi connectivity index (χ0) is 12.8. The lowest BCUT2D eigenvalue weighted by Crippen LogP contribution is -2.24. The standard InChI is InChI=1S/C17H27N.2CH4/c1-14(2)18-13-12-15-8-10-17(11-9-15)16-6-4-3-5-7-16;;/h8-11,14,16,18H,3-7,12-13H2,1-2H3;2*1H4. The average Bonchev–Trinajstić information content (AvgIpc) is 2.40. The normalized spacial score (nSPS) is 15.6. The van der Waals surface area contributed by atoms with E-state index >= 15 is 0 Å². The summed E-state index contributed by atoms with van der Waals surface area (Å²) in [5.41, 5.74) is 3.03. The van der Waals surface area contributed by atoms with Crippen molar-refractivity contribution in [1.29, 1.82) is 0 Å². The van der Waals surface area contributed by atoms with E-state index in [2.05, 4.69) is 43.4 Å². The van der Waals surface area contributed by atoms with Gasteiger partial charge in [-0.1, -0.05) is 72.2 Å². The first kappa shape index (κ1) is 19.2. The first-order valence-electron chi connectivity index (χ1n) is 7.58. The first-order valence-corrected chi connectivity index (χ1v) is 7.58. The minimum Gasteiger partial charge on any atom is -0.314 e. The van der Waals surface area contributed by atoms with Crippen LogP contribution in [0.2, 0.25) is 0 Å². The molecule has 0 atom stereocenters. The fourth-order valence-electron chi connectivity index (χ4n) is 2.90. The Morgan fingerprint density at radius 3 is 2.15 bits per heavy atom. The van der Waals surface area contributed by atoms with Crippen LogP contribution in [0.4, 0.5) is 0 Å². The van der Waals surface area contributed by atoms with Crippen LogP contribution in [0, 0.1) is 0 Å². The minimum atomic E-state index is 0. The van der Waals surface area contributed by atoms with E-state index in [0.29, 0.717) is 6.04 Å². The van der Waals surface area contributed by atoms with Crippen LogP contribution < -0.4 is 5.32 Å². The van der Waals surface area contributed by atoms with Crippen molar-refractivity contribution >= 4 is 0 Å². The molecule has 1 aliphatic carbocycles. The Hall–Kier alpha value is -0.820. The summed E-state index contributed by atoms with van der Waals surface area (Å²) >= 11 is 0. The van der Waals surface area contributed by atoms with Crippen molar-refractivity contribution in [2.75, 3.05) is 6.54 Å². The van der Waals surface area contributed by atoms with E-state index in [9.17, 15) is 0 Å². The maximum Gasteiger partial charge on any atom is 0.00105 e. The van der Waals surface area contributed by atoms with Crippen molar-refractivity contribution in [2.24, 2.45) is 0 Å². The fraction of sp³-hybridized carbons (Fsp3) is 0.684. The molecule has 0 spiro atoms. The summed E-state index contributed by atoms with van der Waals surface area (Å²) in [6.45, 7) is 5.48. The van der Waals surface area contributed by atoms with Gasteiger partial charge in [0, 0.05) is 6.04 Å². The van der Waals surface area contributed by atoms with E-state index in [1.54, 1.807) is 5.56 Å². The molecule has 1 nitrogen and oxygen atoms in total. The lowest BCUT2D eigenvalue weighted by molar-refractivity contribution is 0.443. The maximum absolute atomic E-state index is 3.47. The third kappa shape index (κ3) is 6.09. The van der Waals surface area contributed by atoms with Crippen LogP contribution in [-0.2, 0) is 6.42 Å². The molecular formula is C19H35N. The summed E-state index contributed by atoms with van der Waals surface area (Å²) in [4.78, 5) is 0. The Morgan fingerprint density at radius 2 is 1.60 bits per heavy atom. The molecule has 1 aromatic carbocycles. The molecule has 0 bridgehead atoms. The van der Waals surface area contributed by atoms with Crippen LogP contribution in [0.25, 0.3) is 0 Å². The highest BCUT2D eigenvalue weighted by Gasteiger charge is 2.14. The van der Waals surface area contributed by atoms with Gasteiger partial charge >= 0.3 is 0 Å². The highest BCUT2D eigenvalue weighted by atomic mass is 14.9. The number of nitrogens with one attached hydrogen (secondary N) is 1. The molecule has 1 saturated carbocycles. The Morgan fingerprint density at radius 1 is 1.00 bits per heavy atom. The quantitative estimate of drug-likeness (QED) is 0.744. The van der Waals surface area contributed by atoms with E-state index in [4.69, 9.17) is 0 Å². The third-order valence-corrected chi connectivity index (χ3v) is 4.02. The highest BCUT2D eigenvalue weighted by molar-refractivity contribution is 5.26. The van der Waals surface area contributed by atoms with Crippen molar-refractivity contribution in [2.45, 2.75) is 79.2 Å².